The summed E-state index contributed by atoms with van der Waals surface area (Å²) in [5.74, 6) is 6.27. The van der Waals surface area contributed by atoms with E-state index in [4.69, 9.17) is 14.6 Å². The maximum absolute atomic E-state index is 8.60. The number of benzene rings is 1. The summed E-state index contributed by atoms with van der Waals surface area (Å²) in [6.45, 7) is 4.09. The molecule has 0 amide bonds. The molecule has 1 rings (SSSR count). The van der Waals surface area contributed by atoms with E-state index in [0.717, 1.165) is 24.3 Å². The van der Waals surface area contributed by atoms with Gasteiger partial charge in [0.2, 0.25) is 0 Å². The third-order valence-corrected chi connectivity index (χ3v) is 2.80. The van der Waals surface area contributed by atoms with Gasteiger partial charge in [-0.25, -0.2) is 0 Å². The monoisotopic (exact) mass is 276 g/mol. The van der Waals surface area contributed by atoms with Crippen LogP contribution < -0.4 is 4.74 Å². The molecule has 3 nitrogen and oxygen atoms in total. The Bertz CT molecular complexity index is 400. The van der Waals surface area contributed by atoms with Crippen molar-refractivity contribution in [3.8, 4) is 17.6 Å². The fourth-order valence-corrected chi connectivity index (χ4v) is 1.73. The minimum atomic E-state index is -0.117. The molecular weight excluding hydrogens is 252 g/mol. The van der Waals surface area contributed by atoms with Crippen LogP contribution in [0.4, 0.5) is 0 Å². The van der Waals surface area contributed by atoms with E-state index in [1.165, 1.54) is 19.3 Å². The molecule has 0 spiro atoms. The molecule has 3 heteroatoms. The predicted molar refractivity (Wildman–Crippen MR) is 80.9 cm³/mol. The quantitative estimate of drug-likeness (QED) is 0.556. The largest absolute Gasteiger partial charge is 0.491 e. The second-order valence-electron chi connectivity index (χ2n) is 4.51. The Balaban J connectivity index is 2.10. The zero-order valence-corrected chi connectivity index (χ0v) is 12.2. The van der Waals surface area contributed by atoms with E-state index in [1.807, 2.05) is 24.3 Å². The lowest BCUT2D eigenvalue weighted by Gasteiger charge is -2.07. The molecule has 0 saturated heterocycles. The Hall–Kier alpha value is -1.50. The maximum Gasteiger partial charge on any atom is 0.119 e. The Morgan fingerprint density at radius 1 is 1.00 bits per heavy atom. The average molecular weight is 276 g/mol. The van der Waals surface area contributed by atoms with Crippen LogP contribution in [0.25, 0.3) is 0 Å². The Morgan fingerprint density at radius 3 is 2.50 bits per heavy atom. The van der Waals surface area contributed by atoms with Gasteiger partial charge >= 0.3 is 0 Å². The highest BCUT2D eigenvalue weighted by Crippen LogP contribution is 2.11. The standard InChI is InChI=1S/C17H24O3/c1-2-3-4-5-13-19-14-15-20-17-10-8-16(9-11-17)7-6-12-18/h8-11,18H,2-5,12-15H2,1H3. The number of aliphatic hydroxyl groups excluding tert-OH is 1. The fourth-order valence-electron chi connectivity index (χ4n) is 1.73. The van der Waals surface area contributed by atoms with Crippen molar-refractivity contribution in [3.05, 3.63) is 29.8 Å². The Labute approximate surface area is 121 Å². The van der Waals surface area contributed by atoms with Crippen LogP contribution in [-0.2, 0) is 4.74 Å². The van der Waals surface area contributed by atoms with Gasteiger partial charge in [-0.15, -0.1) is 0 Å². The fraction of sp³-hybridized carbons (Fsp3) is 0.529. The molecule has 0 aliphatic rings. The van der Waals surface area contributed by atoms with Crippen molar-refractivity contribution >= 4 is 0 Å². The summed E-state index contributed by atoms with van der Waals surface area (Å²) in [6, 6.07) is 7.51. The van der Waals surface area contributed by atoms with Gasteiger partial charge in [0.1, 0.15) is 19.0 Å². The van der Waals surface area contributed by atoms with Gasteiger partial charge in [0, 0.05) is 12.2 Å². The molecule has 0 fully saturated rings. The molecule has 0 radical (unpaired) electrons. The van der Waals surface area contributed by atoms with Crippen molar-refractivity contribution in [1.82, 2.24) is 0 Å². The molecule has 0 atom stereocenters. The van der Waals surface area contributed by atoms with Gasteiger partial charge < -0.3 is 14.6 Å². The molecule has 110 valence electrons. The molecule has 0 aromatic heterocycles. The summed E-state index contributed by atoms with van der Waals surface area (Å²) < 4.78 is 11.1. The number of hydrogen-bond acceptors (Lipinski definition) is 3. The van der Waals surface area contributed by atoms with Crippen molar-refractivity contribution in [2.75, 3.05) is 26.4 Å². The van der Waals surface area contributed by atoms with Crippen LogP contribution in [0.2, 0.25) is 0 Å². The summed E-state index contributed by atoms with van der Waals surface area (Å²) in [6.07, 6.45) is 4.91. The van der Waals surface area contributed by atoms with E-state index in [2.05, 4.69) is 18.8 Å². The van der Waals surface area contributed by atoms with E-state index >= 15 is 0 Å². The van der Waals surface area contributed by atoms with Gasteiger partial charge in [-0.3, -0.25) is 0 Å². The molecular formula is C17H24O3. The molecule has 0 unspecified atom stereocenters. The third-order valence-electron chi connectivity index (χ3n) is 2.80. The highest BCUT2D eigenvalue weighted by atomic mass is 16.5. The van der Waals surface area contributed by atoms with Crippen molar-refractivity contribution in [2.24, 2.45) is 0 Å². The molecule has 1 aromatic rings. The van der Waals surface area contributed by atoms with Gasteiger partial charge in [-0.05, 0) is 30.7 Å². The number of aliphatic hydroxyl groups is 1. The third kappa shape index (κ3) is 7.83. The zero-order valence-electron chi connectivity index (χ0n) is 12.2. The smallest absolute Gasteiger partial charge is 0.119 e. The molecule has 0 saturated carbocycles. The second-order valence-corrected chi connectivity index (χ2v) is 4.51. The number of hydrogen-bond donors (Lipinski definition) is 1. The number of unbranched alkanes of at least 4 members (excludes halogenated alkanes) is 3. The summed E-state index contributed by atoms with van der Waals surface area (Å²) in [7, 11) is 0. The molecule has 0 bridgehead atoms. The van der Waals surface area contributed by atoms with Crippen LogP contribution in [0.5, 0.6) is 5.75 Å². The van der Waals surface area contributed by atoms with Crippen LogP contribution in [0, 0.1) is 11.8 Å². The number of ether oxygens (including phenoxy) is 2. The van der Waals surface area contributed by atoms with Gasteiger partial charge in [0.25, 0.3) is 0 Å². The average Bonchev–Trinajstić information content (AvgIpc) is 2.49. The van der Waals surface area contributed by atoms with Crippen LogP contribution >= 0.6 is 0 Å². The second kappa shape index (κ2) is 11.3. The maximum atomic E-state index is 8.60. The van der Waals surface area contributed by atoms with Crippen molar-refractivity contribution in [3.63, 3.8) is 0 Å². The molecule has 0 aliphatic carbocycles. The van der Waals surface area contributed by atoms with Crippen molar-refractivity contribution in [2.45, 2.75) is 32.6 Å². The molecule has 1 aromatic carbocycles. The first-order valence-corrected chi connectivity index (χ1v) is 7.27. The number of rotatable bonds is 9. The highest BCUT2D eigenvalue weighted by molar-refractivity contribution is 5.38. The molecule has 20 heavy (non-hydrogen) atoms. The molecule has 0 heterocycles. The van der Waals surface area contributed by atoms with Gasteiger partial charge in [0.05, 0.1) is 6.61 Å². The first-order chi connectivity index (χ1) is 9.86. The zero-order chi connectivity index (χ0) is 14.5. The van der Waals surface area contributed by atoms with Crippen molar-refractivity contribution < 1.29 is 14.6 Å². The van der Waals surface area contributed by atoms with Crippen LogP contribution in [0.3, 0.4) is 0 Å². The Morgan fingerprint density at radius 2 is 1.80 bits per heavy atom. The van der Waals surface area contributed by atoms with Gasteiger partial charge in [-0.1, -0.05) is 38.0 Å². The van der Waals surface area contributed by atoms with E-state index in [1.54, 1.807) is 0 Å². The van der Waals surface area contributed by atoms with Crippen molar-refractivity contribution in [1.29, 1.82) is 0 Å². The SMILES string of the molecule is CCCCCCOCCOc1ccc(C#CCO)cc1. The first-order valence-electron chi connectivity index (χ1n) is 7.27. The first kappa shape index (κ1) is 16.6. The summed E-state index contributed by atoms with van der Waals surface area (Å²) in [5, 5.41) is 8.60. The molecule has 0 aliphatic heterocycles. The van der Waals surface area contributed by atoms with Crippen LogP contribution in [0.15, 0.2) is 24.3 Å². The lowest BCUT2D eigenvalue weighted by atomic mass is 10.2. The van der Waals surface area contributed by atoms with E-state index < -0.39 is 0 Å². The van der Waals surface area contributed by atoms with Crippen LogP contribution in [-0.4, -0.2) is 31.5 Å². The Kier molecular flexibility index (Phi) is 9.38. The van der Waals surface area contributed by atoms with Gasteiger partial charge in [0.15, 0.2) is 0 Å². The summed E-state index contributed by atoms with van der Waals surface area (Å²) in [5.41, 5.74) is 0.874. The summed E-state index contributed by atoms with van der Waals surface area (Å²) >= 11 is 0. The minimum Gasteiger partial charge on any atom is -0.491 e. The topological polar surface area (TPSA) is 38.7 Å². The van der Waals surface area contributed by atoms with Crippen LogP contribution in [0.1, 0.15) is 38.2 Å². The van der Waals surface area contributed by atoms with E-state index in [0.29, 0.717) is 13.2 Å². The normalized spacial score (nSPS) is 9.90. The minimum absolute atomic E-state index is 0.117. The molecule has 1 N–H and O–H groups in total. The highest BCUT2D eigenvalue weighted by Gasteiger charge is 1.94. The lowest BCUT2D eigenvalue weighted by Crippen LogP contribution is -2.07. The van der Waals surface area contributed by atoms with E-state index in [-0.39, 0.29) is 6.61 Å². The lowest BCUT2D eigenvalue weighted by molar-refractivity contribution is 0.0971. The summed E-state index contributed by atoms with van der Waals surface area (Å²) in [4.78, 5) is 0. The van der Waals surface area contributed by atoms with Gasteiger partial charge in [-0.2, -0.15) is 0 Å². The van der Waals surface area contributed by atoms with E-state index in [9.17, 15) is 0 Å². The predicted octanol–water partition coefficient (Wildman–Crippen LogP) is 3.01.